The van der Waals surface area contributed by atoms with E-state index in [0.29, 0.717) is 11.7 Å². The molecule has 1 saturated carbocycles. The lowest BCUT2D eigenvalue weighted by molar-refractivity contribution is -0.727. The Morgan fingerprint density at radius 3 is 2.67 bits per heavy atom. The fraction of sp³-hybridized carbons (Fsp3) is 0.500. The number of hydrogen-bond acceptors (Lipinski definition) is 1. The molecule has 0 unspecified atom stereocenters. The molecule has 1 N–H and O–H groups in total. The highest BCUT2D eigenvalue weighted by atomic mass is 16.4. The van der Waals surface area contributed by atoms with Gasteiger partial charge in [0.15, 0.2) is 12.2 Å². The second-order valence-corrected chi connectivity index (χ2v) is 4.09. The van der Waals surface area contributed by atoms with Crippen LogP contribution in [0.25, 0.3) is 0 Å². The predicted octanol–water partition coefficient (Wildman–Crippen LogP) is 2.18. The highest BCUT2D eigenvalue weighted by Crippen LogP contribution is 2.23. The molecule has 1 aromatic rings. The Bertz CT molecular complexity index is 356. The minimum Gasteiger partial charge on any atom is -0.473 e. The largest absolute Gasteiger partial charge is 0.473 e. The number of carbonyl (C=O) groups is 1. The van der Waals surface area contributed by atoms with Crippen LogP contribution in [0.15, 0.2) is 24.4 Å². The number of aromatic nitrogens is 1. The molecule has 0 saturated heterocycles. The third-order valence-electron chi connectivity index (χ3n) is 3.08. The van der Waals surface area contributed by atoms with Gasteiger partial charge in [-0.15, -0.1) is 0 Å². The first kappa shape index (κ1) is 10.1. The zero-order valence-corrected chi connectivity index (χ0v) is 8.72. The van der Waals surface area contributed by atoms with Crippen LogP contribution in [-0.2, 0) is 0 Å². The van der Waals surface area contributed by atoms with Crippen LogP contribution in [0.1, 0.15) is 48.6 Å². The van der Waals surface area contributed by atoms with Crippen LogP contribution in [0.2, 0.25) is 0 Å². The quantitative estimate of drug-likeness (QED) is 0.753. The van der Waals surface area contributed by atoms with Crippen molar-refractivity contribution in [2.75, 3.05) is 0 Å². The summed E-state index contributed by atoms with van der Waals surface area (Å²) in [4.78, 5) is 11.0. The first-order valence-corrected chi connectivity index (χ1v) is 5.52. The average Bonchev–Trinajstić information content (AvgIpc) is 2.30. The van der Waals surface area contributed by atoms with Crippen molar-refractivity contribution >= 4 is 5.97 Å². The normalized spacial score (nSPS) is 17.6. The van der Waals surface area contributed by atoms with Crippen molar-refractivity contribution in [3.8, 4) is 0 Å². The minimum absolute atomic E-state index is 0.381. The van der Waals surface area contributed by atoms with Crippen molar-refractivity contribution in [2.24, 2.45) is 0 Å². The summed E-state index contributed by atoms with van der Waals surface area (Å²) < 4.78 is 1.92. The molecule has 0 amide bonds. The number of aromatic carboxylic acids is 1. The van der Waals surface area contributed by atoms with Gasteiger partial charge in [-0.25, -0.2) is 4.79 Å². The lowest BCUT2D eigenvalue weighted by Gasteiger charge is -2.17. The van der Waals surface area contributed by atoms with E-state index in [9.17, 15) is 4.79 Å². The van der Waals surface area contributed by atoms with Crippen molar-refractivity contribution in [1.82, 2.24) is 0 Å². The maximum atomic E-state index is 11.0. The Morgan fingerprint density at radius 1 is 1.27 bits per heavy atom. The highest BCUT2D eigenvalue weighted by Gasteiger charge is 2.27. The first-order chi connectivity index (χ1) is 7.29. The molecular weight excluding hydrogens is 190 g/mol. The van der Waals surface area contributed by atoms with E-state index in [1.165, 1.54) is 19.3 Å². The van der Waals surface area contributed by atoms with E-state index < -0.39 is 5.97 Å². The maximum absolute atomic E-state index is 11.0. The third kappa shape index (κ3) is 2.17. The van der Waals surface area contributed by atoms with E-state index in [4.69, 9.17) is 5.11 Å². The van der Waals surface area contributed by atoms with Gasteiger partial charge in [-0.2, -0.15) is 4.57 Å². The van der Waals surface area contributed by atoms with Crippen LogP contribution in [0.4, 0.5) is 0 Å². The van der Waals surface area contributed by atoms with Crippen LogP contribution in [-0.4, -0.2) is 11.1 Å². The first-order valence-electron chi connectivity index (χ1n) is 5.52. The van der Waals surface area contributed by atoms with Crippen LogP contribution >= 0.6 is 0 Å². The number of rotatable bonds is 2. The Labute approximate surface area is 89.4 Å². The summed E-state index contributed by atoms with van der Waals surface area (Å²) in [6.45, 7) is 0. The minimum atomic E-state index is -0.832. The van der Waals surface area contributed by atoms with Gasteiger partial charge in [0.25, 0.3) is 5.69 Å². The topological polar surface area (TPSA) is 41.2 Å². The van der Waals surface area contributed by atoms with E-state index in [-0.39, 0.29) is 0 Å². The fourth-order valence-electron chi connectivity index (χ4n) is 2.31. The molecule has 2 rings (SSSR count). The molecule has 80 valence electrons. The van der Waals surface area contributed by atoms with Crippen molar-refractivity contribution in [2.45, 2.75) is 38.1 Å². The molecule has 1 heterocycles. The van der Waals surface area contributed by atoms with Gasteiger partial charge in [-0.05, 0) is 18.9 Å². The molecule has 0 atom stereocenters. The monoisotopic (exact) mass is 206 g/mol. The summed E-state index contributed by atoms with van der Waals surface area (Å²) in [5.41, 5.74) is 0.407. The highest BCUT2D eigenvalue weighted by molar-refractivity contribution is 5.83. The molecule has 0 spiro atoms. The van der Waals surface area contributed by atoms with Crippen molar-refractivity contribution in [3.63, 3.8) is 0 Å². The Hall–Kier alpha value is -1.38. The van der Waals surface area contributed by atoms with Crippen molar-refractivity contribution in [1.29, 1.82) is 0 Å². The molecule has 0 radical (unpaired) electrons. The van der Waals surface area contributed by atoms with Crippen molar-refractivity contribution in [3.05, 3.63) is 30.1 Å². The van der Waals surface area contributed by atoms with E-state index in [1.54, 1.807) is 12.1 Å². The smallest absolute Gasteiger partial charge is 0.401 e. The SMILES string of the molecule is O=C(O)c1cccc[n+]1C1CCCCC1. The lowest BCUT2D eigenvalue weighted by atomic mass is 9.95. The van der Waals surface area contributed by atoms with Crippen LogP contribution in [0, 0.1) is 0 Å². The van der Waals surface area contributed by atoms with E-state index in [1.807, 2.05) is 16.8 Å². The Morgan fingerprint density at radius 2 is 2.00 bits per heavy atom. The fourth-order valence-corrected chi connectivity index (χ4v) is 2.31. The Balaban J connectivity index is 2.29. The standard InChI is InChI=1S/C12H15NO2/c14-12(15)11-8-4-5-9-13(11)10-6-2-1-3-7-10/h4-5,8-10H,1-3,6-7H2/p+1. The van der Waals surface area contributed by atoms with Crippen LogP contribution < -0.4 is 4.57 Å². The van der Waals surface area contributed by atoms with Gasteiger partial charge in [0, 0.05) is 25.0 Å². The summed E-state index contributed by atoms with van der Waals surface area (Å²) in [6, 6.07) is 5.74. The summed E-state index contributed by atoms with van der Waals surface area (Å²) in [6.07, 6.45) is 7.81. The summed E-state index contributed by atoms with van der Waals surface area (Å²) >= 11 is 0. The third-order valence-corrected chi connectivity index (χ3v) is 3.08. The predicted molar refractivity (Wildman–Crippen MR) is 55.7 cm³/mol. The molecule has 1 aliphatic carbocycles. The summed E-state index contributed by atoms with van der Waals surface area (Å²) in [5, 5.41) is 9.08. The molecule has 0 bridgehead atoms. The molecule has 3 nitrogen and oxygen atoms in total. The van der Waals surface area contributed by atoms with Gasteiger partial charge in [0.1, 0.15) is 0 Å². The van der Waals surface area contributed by atoms with Gasteiger partial charge in [-0.1, -0.05) is 6.42 Å². The molecule has 1 aromatic heterocycles. The molecular formula is C12H16NO2+. The number of carboxylic acids is 1. The van der Waals surface area contributed by atoms with E-state index in [0.717, 1.165) is 12.8 Å². The molecule has 1 fully saturated rings. The van der Waals surface area contributed by atoms with E-state index >= 15 is 0 Å². The number of carboxylic acid groups (broad SMARTS) is 1. The Kier molecular flexibility index (Phi) is 2.99. The summed E-state index contributed by atoms with van der Waals surface area (Å²) in [5.74, 6) is -0.832. The second-order valence-electron chi connectivity index (χ2n) is 4.09. The maximum Gasteiger partial charge on any atom is 0.401 e. The summed E-state index contributed by atoms with van der Waals surface area (Å²) in [7, 11) is 0. The van der Waals surface area contributed by atoms with Crippen molar-refractivity contribution < 1.29 is 14.5 Å². The van der Waals surface area contributed by atoms with Crippen LogP contribution in [0.5, 0.6) is 0 Å². The molecule has 15 heavy (non-hydrogen) atoms. The van der Waals surface area contributed by atoms with Gasteiger partial charge in [-0.3, -0.25) is 0 Å². The number of nitrogens with zero attached hydrogens (tertiary/aromatic N) is 1. The molecule has 3 heteroatoms. The lowest BCUT2D eigenvalue weighted by Crippen LogP contribution is -2.45. The van der Waals surface area contributed by atoms with Crippen LogP contribution in [0.3, 0.4) is 0 Å². The van der Waals surface area contributed by atoms with Gasteiger partial charge in [0.05, 0.1) is 0 Å². The molecule has 1 aliphatic rings. The van der Waals surface area contributed by atoms with Gasteiger partial charge < -0.3 is 5.11 Å². The zero-order valence-electron chi connectivity index (χ0n) is 8.72. The van der Waals surface area contributed by atoms with Gasteiger partial charge >= 0.3 is 5.97 Å². The molecule has 0 aromatic carbocycles. The number of hydrogen-bond donors (Lipinski definition) is 1. The number of pyridine rings is 1. The zero-order chi connectivity index (χ0) is 10.7. The van der Waals surface area contributed by atoms with E-state index in [2.05, 4.69) is 0 Å². The second kappa shape index (κ2) is 4.43. The average molecular weight is 206 g/mol. The molecule has 0 aliphatic heterocycles. The van der Waals surface area contributed by atoms with Gasteiger partial charge in [0.2, 0.25) is 0 Å².